The van der Waals surface area contributed by atoms with Gasteiger partial charge in [-0.1, -0.05) is 24.1 Å². The smallest absolute Gasteiger partial charge is 0.310 e. The lowest BCUT2D eigenvalue weighted by Crippen LogP contribution is -2.35. The van der Waals surface area contributed by atoms with E-state index in [9.17, 15) is 17.6 Å². The molecule has 2 unspecified atom stereocenters. The highest BCUT2D eigenvalue weighted by molar-refractivity contribution is 7.93. The first-order chi connectivity index (χ1) is 9.86. The molecule has 2 rings (SSSR count). The van der Waals surface area contributed by atoms with Gasteiger partial charge in [-0.2, -0.15) is 0 Å². The van der Waals surface area contributed by atoms with Crippen molar-refractivity contribution >= 4 is 33.3 Å². The van der Waals surface area contributed by atoms with Crippen LogP contribution >= 0.6 is 11.6 Å². The van der Waals surface area contributed by atoms with Crippen molar-refractivity contribution in [1.82, 2.24) is 0 Å². The minimum absolute atomic E-state index is 0.0359. The summed E-state index contributed by atoms with van der Waals surface area (Å²) < 4.78 is 45.3. The molecule has 1 saturated carbocycles. The first kappa shape index (κ1) is 16.0. The van der Waals surface area contributed by atoms with Crippen molar-refractivity contribution in [1.29, 1.82) is 0 Å². The summed E-state index contributed by atoms with van der Waals surface area (Å²) in [5, 5.41) is -0.980. The van der Waals surface area contributed by atoms with Crippen LogP contribution in [0.15, 0.2) is 18.2 Å². The number of nitrogens with one attached hydrogen (secondary N) is 1. The molecule has 1 aliphatic carbocycles. The third kappa shape index (κ3) is 3.29. The van der Waals surface area contributed by atoms with Crippen LogP contribution in [0, 0.1) is 11.7 Å². The van der Waals surface area contributed by atoms with Gasteiger partial charge in [-0.05, 0) is 25.0 Å². The molecule has 0 amide bonds. The molecule has 5 nitrogen and oxygen atoms in total. The molecule has 0 saturated heterocycles. The van der Waals surface area contributed by atoms with Crippen LogP contribution in [0.2, 0.25) is 5.02 Å². The zero-order chi connectivity index (χ0) is 15.6. The highest BCUT2D eigenvalue weighted by atomic mass is 35.5. The first-order valence-corrected chi connectivity index (χ1v) is 8.32. The minimum atomic E-state index is -3.94. The Bertz CT molecular complexity index is 629. The van der Waals surface area contributed by atoms with E-state index in [-0.39, 0.29) is 10.7 Å². The van der Waals surface area contributed by atoms with E-state index in [1.165, 1.54) is 19.2 Å². The summed E-state index contributed by atoms with van der Waals surface area (Å²) in [4.78, 5) is 11.6. The van der Waals surface area contributed by atoms with Crippen LogP contribution < -0.4 is 4.72 Å². The SMILES string of the molecule is COC(=O)C1CCCC1S(=O)(=O)Nc1c(F)cccc1Cl. The van der Waals surface area contributed by atoms with Crippen molar-refractivity contribution in [3.05, 3.63) is 29.0 Å². The number of methoxy groups -OCH3 is 1. The van der Waals surface area contributed by atoms with Gasteiger partial charge in [0.05, 0.1) is 23.3 Å². The van der Waals surface area contributed by atoms with E-state index in [1.54, 1.807) is 0 Å². The number of carbonyl (C=O) groups excluding carboxylic acids is 1. The highest BCUT2D eigenvalue weighted by Gasteiger charge is 2.42. The fourth-order valence-corrected chi connectivity index (χ4v) is 4.60. The zero-order valence-corrected chi connectivity index (χ0v) is 12.9. The summed E-state index contributed by atoms with van der Waals surface area (Å²) in [7, 11) is -2.72. The predicted octanol–water partition coefficient (Wildman–Crippen LogP) is 2.56. The first-order valence-electron chi connectivity index (χ1n) is 6.40. The number of rotatable bonds is 4. The van der Waals surface area contributed by atoms with Gasteiger partial charge < -0.3 is 4.74 Å². The fourth-order valence-electron chi connectivity index (χ4n) is 2.53. The molecule has 0 spiro atoms. The van der Waals surface area contributed by atoms with E-state index >= 15 is 0 Å². The Kier molecular flexibility index (Phi) is 4.73. The normalized spacial score (nSPS) is 22.0. The molecular formula is C13H15ClFNO4S. The van der Waals surface area contributed by atoms with E-state index < -0.39 is 33.0 Å². The fraction of sp³-hybridized carbons (Fsp3) is 0.462. The quantitative estimate of drug-likeness (QED) is 0.858. The Morgan fingerprint density at radius 3 is 2.76 bits per heavy atom. The van der Waals surface area contributed by atoms with E-state index in [0.29, 0.717) is 19.3 Å². The van der Waals surface area contributed by atoms with Crippen molar-refractivity contribution in [2.45, 2.75) is 24.5 Å². The molecule has 8 heteroatoms. The molecular weight excluding hydrogens is 321 g/mol. The molecule has 0 bridgehead atoms. The topological polar surface area (TPSA) is 72.5 Å². The Morgan fingerprint density at radius 2 is 2.14 bits per heavy atom. The number of hydrogen-bond acceptors (Lipinski definition) is 4. The van der Waals surface area contributed by atoms with E-state index in [4.69, 9.17) is 11.6 Å². The molecule has 1 aromatic carbocycles. The number of anilines is 1. The van der Waals surface area contributed by atoms with Crippen LogP contribution in [-0.2, 0) is 19.6 Å². The zero-order valence-electron chi connectivity index (χ0n) is 11.3. The minimum Gasteiger partial charge on any atom is -0.469 e. The largest absolute Gasteiger partial charge is 0.469 e. The lowest BCUT2D eigenvalue weighted by molar-refractivity contribution is -0.145. The molecule has 0 radical (unpaired) electrons. The lowest BCUT2D eigenvalue weighted by atomic mass is 10.1. The Morgan fingerprint density at radius 1 is 1.43 bits per heavy atom. The van der Waals surface area contributed by atoms with Gasteiger partial charge in [-0.15, -0.1) is 0 Å². The molecule has 1 fully saturated rings. The predicted molar refractivity (Wildman–Crippen MR) is 77.1 cm³/mol. The lowest BCUT2D eigenvalue weighted by Gasteiger charge is -2.19. The molecule has 0 aromatic heterocycles. The number of hydrogen-bond donors (Lipinski definition) is 1. The number of esters is 1. The van der Waals surface area contributed by atoms with Crippen LogP contribution in [0.4, 0.5) is 10.1 Å². The number of sulfonamides is 1. The Balaban J connectivity index is 2.28. The number of halogens is 2. The Hall–Kier alpha value is -1.34. The highest BCUT2D eigenvalue weighted by Crippen LogP contribution is 2.34. The maximum atomic E-state index is 13.7. The molecule has 1 aliphatic rings. The molecule has 0 aliphatic heterocycles. The molecule has 1 aromatic rings. The molecule has 116 valence electrons. The summed E-state index contributed by atoms with van der Waals surface area (Å²) in [5.74, 6) is -2.07. The van der Waals surface area contributed by atoms with Crippen molar-refractivity contribution in [2.75, 3.05) is 11.8 Å². The van der Waals surface area contributed by atoms with Gasteiger partial charge in [0, 0.05) is 0 Å². The monoisotopic (exact) mass is 335 g/mol. The van der Waals surface area contributed by atoms with Crippen molar-refractivity contribution in [3.8, 4) is 0 Å². The summed E-state index contributed by atoms with van der Waals surface area (Å²) in [6.07, 6.45) is 1.35. The average molecular weight is 336 g/mol. The number of ether oxygens (including phenoxy) is 1. The second-order valence-electron chi connectivity index (χ2n) is 4.84. The second-order valence-corrected chi connectivity index (χ2v) is 7.15. The summed E-state index contributed by atoms with van der Waals surface area (Å²) in [6, 6.07) is 3.87. The van der Waals surface area contributed by atoms with E-state index in [0.717, 1.165) is 6.07 Å². The molecule has 2 atom stereocenters. The Labute approximate surface area is 127 Å². The number of carbonyl (C=O) groups is 1. The van der Waals surface area contributed by atoms with Crippen LogP contribution in [0.5, 0.6) is 0 Å². The third-order valence-electron chi connectivity index (χ3n) is 3.56. The number of para-hydroxylation sites is 1. The summed E-state index contributed by atoms with van der Waals surface area (Å²) in [5.41, 5.74) is -0.297. The molecule has 1 N–H and O–H groups in total. The van der Waals surface area contributed by atoms with Gasteiger partial charge >= 0.3 is 5.97 Å². The van der Waals surface area contributed by atoms with Crippen LogP contribution in [-0.4, -0.2) is 26.7 Å². The van der Waals surface area contributed by atoms with Crippen LogP contribution in [0.1, 0.15) is 19.3 Å². The van der Waals surface area contributed by atoms with Gasteiger partial charge in [0.1, 0.15) is 11.5 Å². The van der Waals surface area contributed by atoms with E-state index in [1.807, 2.05) is 0 Å². The van der Waals surface area contributed by atoms with Gasteiger partial charge in [0.25, 0.3) is 0 Å². The maximum Gasteiger partial charge on any atom is 0.310 e. The molecule has 21 heavy (non-hydrogen) atoms. The molecule has 0 heterocycles. The van der Waals surface area contributed by atoms with Crippen molar-refractivity contribution in [2.24, 2.45) is 5.92 Å². The van der Waals surface area contributed by atoms with Crippen molar-refractivity contribution in [3.63, 3.8) is 0 Å². The van der Waals surface area contributed by atoms with Crippen molar-refractivity contribution < 1.29 is 22.3 Å². The average Bonchev–Trinajstić information content (AvgIpc) is 2.92. The van der Waals surface area contributed by atoms with Gasteiger partial charge in [0.15, 0.2) is 0 Å². The van der Waals surface area contributed by atoms with E-state index in [2.05, 4.69) is 9.46 Å². The number of benzene rings is 1. The maximum absolute atomic E-state index is 13.7. The standard InChI is InChI=1S/C13H15ClFNO4S/c1-20-13(17)8-4-2-7-11(8)21(18,19)16-12-9(14)5-3-6-10(12)15/h3,5-6,8,11,16H,2,4,7H2,1H3. The van der Waals surface area contributed by atoms with Gasteiger partial charge in [-0.3, -0.25) is 9.52 Å². The van der Waals surface area contributed by atoms with Crippen LogP contribution in [0.25, 0.3) is 0 Å². The summed E-state index contributed by atoms with van der Waals surface area (Å²) >= 11 is 5.81. The van der Waals surface area contributed by atoms with Gasteiger partial charge in [-0.25, -0.2) is 12.8 Å². The second kappa shape index (κ2) is 6.19. The van der Waals surface area contributed by atoms with Crippen LogP contribution in [0.3, 0.4) is 0 Å². The third-order valence-corrected chi connectivity index (χ3v) is 5.73. The van der Waals surface area contributed by atoms with Gasteiger partial charge in [0.2, 0.25) is 10.0 Å². The summed E-state index contributed by atoms with van der Waals surface area (Å²) in [6.45, 7) is 0.